The summed E-state index contributed by atoms with van der Waals surface area (Å²) in [5.41, 5.74) is 3.30. The normalized spacial score (nSPS) is 18.7. The molecule has 2 aliphatic rings. The van der Waals surface area contributed by atoms with Gasteiger partial charge in [0.1, 0.15) is 6.61 Å². The van der Waals surface area contributed by atoms with Crippen LogP contribution in [0.3, 0.4) is 0 Å². The molecule has 0 spiro atoms. The molecule has 0 aliphatic carbocycles. The van der Waals surface area contributed by atoms with Gasteiger partial charge in [0.2, 0.25) is 5.91 Å². The van der Waals surface area contributed by atoms with Gasteiger partial charge in [-0.2, -0.15) is 0 Å². The lowest BCUT2D eigenvalue weighted by atomic mass is 9.87. The average molecular weight is 497 g/mol. The molecule has 1 aromatic carbocycles. The van der Waals surface area contributed by atoms with E-state index in [0.717, 1.165) is 69.7 Å². The van der Waals surface area contributed by atoms with Gasteiger partial charge in [0, 0.05) is 48.9 Å². The minimum absolute atomic E-state index is 0.138. The number of halogens is 1. The highest BCUT2D eigenvalue weighted by Gasteiger charge is 2.32. The topological polar surface area (TPSA) is 58.0 Å². The predicted octanol–water partition coefficient (Wildman–Crippen LogP) is 5.26. The Morgan fingerprint density at radius 1 is 1.00 bits per heavy atom. The Kier molecular flexibility index (Phi) is 9.16. The van der Waals surface area contributed by atoms with Crippen molar-refractivity contribution in [3.8, 4) is 0 Å². The maximum atomic E-state index is 13.3. The molecule has 0 atom stereocenters. The number of benzene rings is 1. The van der Waals surface area contributed by atoms with Crippen molar-refractivity contribution in [2.75, 3.05) is 32.8 Å². The SMILES string of the molecule is CC(C)CO/N=C(/c1ccc(Cl)cc1)C1CCN(C(=O)C2CCN(Cc3ccncc3)CC2)CC1. The second kappa shape index (κ2) is 12.5. The molecule has 2 aromatic rings. The Morgan fingerprint density at radius 2 is 1.63 bits per heavy atom. The van der Waals surface area contributed by atoms with E-state index in [1.54, 1.807) is 0 Å². The highest BCUT2D eigenvalue weighted by atomic mass is 35.5. The first-order valence-corrected chi connectivity index (χ1v) is 13.2. The fourth-order valence-corrected chi connectivity index (χ4v) is 5.08. The first kappa shape index (κ1) is 25.6. The molecule has 35 heavy (non-hydrogen) atoms. The molecule has 1 aromatic heterocycles. The van der Waals surface area contributed by atoms with Crippen molar-refractivity contribution in [3.63, 3.8) is 0 Å². The monoisotopic (exact) mass is 496 g/mol. The Morgan fingerprint density at radius 3 is 2.26 bits per heavy atom. The largest absolute Gasteiger partial charge is 0.395 e. The lowest BCUT2D eigenvalue weighted by Gasteiger charge is -2.37. The number of likely N-dealkylation sites (tertiary alicyclic amines) is 2. The molecule has 2 aliphatic heterocycles. The summed E-state index contributed by atoms with van der Waals surface area (Å²) in [5.74, 6) is 1.16. The number of aromatic nitrogens is 1. The van der Waals surface area contributed by atoms with Crippen LogP contribution < -0.4 is 0 Å². The van der Waals surface area contributed by atoms with Gasteiger partial charge in [-0.1, -0.05) is 42.7 Å². The van der Waals surface area contributed by atoms with Crippen molar-refractivity contribution >= 4 is 23.2 Å². The van der Waals surface area contributed by atoms with Crippen LogP contribution in [-0.4, -0.2) is 59.2 Å². The van der Waals surface area contributed by atoms with Crippen LogP contribution in [0.2, 0.25) is 5.02 Å². The number of pyridine rings is 1. The van der Waals surface area contributed by atoms with E-state index >= 15 is 0 Å². The maximum absolute atomic E-state index is 13.3. The molecule has 188 valence electrons. The third-order valence-corrected chi connectivity index (χ3v) is 7.25. The van der Waals surface area contributed by atoms with Crippen molar-refractivity contribution in [1.29, 1.82) is 0 Å². The number of oxime groups is 1. The summed E-state index contributed by atoms with van der Waals surface area (Å²) in [5, 5.41) is 5.26. The third-order valence-electron chi connectivity index (χ3n) is 7.00. The predicted molar refractivity (Wildman–Crippen MR) is 140 cm³/mol. The molecule has 0 bridgehead atoms. The fourth-order valence-electron chi connectivity index (χ4n) is 4.96. The summed E-state index contributed by atoms with van der Waals surface area (Å²) in [7, 11) is 0. The van der Waals surface area contributed by atoms with Crippen LogP contribution in [0.4, 0.5) is 0 Å². The number of carbonyl (C=O) groups is 1. The van der Waals surface area contributed by atoms with Crippen LogP contribution in [0, 0.1) is 17.8 Å². The summed E-state index contributed by atoms with van der Waals surface area (Å²) in [6.07, 6.45) is 7.36. The number of hydrogen-bond acceptors (Lipinski definition) is 5. The molecule has 2 saturated heterocycles. The van der Waals surface area contributed by atoms with E-state index < -0.39 is 0 Å². The van der Waals surface area contributed by atoms with Crippen molar-refractivity contribution < 1.29 is 9.63 Å². The van der Waals surface area contributed by atoms with Gasteiger partial charge in [0.15, 0.2) is 0 Å². The maximum Gasteiger partial charge on any atom is 0.225 e. The zero-order valence-electron chi connectivity index (χ0n) is 20.9. The van der Waals surface area contributed by atoms with E-state index in [1.165, 1.54) is 5.56 Å². The Hall–Kier alpha value is -2.44. The number of carbonyl (C=O) groups excluding carboxylic acids is 1. The minimum Gasteiger partial charge on any atom is -0.395 e. The van der Waals surface area contributed by atoms with E-state index in [4.69, 9.17) is 16.4 Å². The molecule has 0 N–H and O–H groups in total. The smallest absolute Gasteiger partial charge is 0.225 e. The first-order chi connectivity index (χ1) is 17.0. The minimum atomic E-state index is 0.138. The Labute approximate surface area is 214 Å². The molecule has 6 nitrogen and oxygen atoms in total. The van der Waals surface area contributed by atoms with Crippen LogP contribution in [0.15, 0.2) is 53.9 Å². The van der Waals surface area contributed by atoms with E-state index in [9.17, 15) is 4.79 Å². The van der Waals surface area contributed by atoms with Crippen LogP contribution in [-0.2, 0) is 16.2 Å². The Balaban J connectivity index is 1.30. The van der Waals surface area contributed by atoms with Crippen molar-refractivity contribution in [2.45, 2.75) is 46.1 Å². The van der Waals surface area contributed by atoms with Crippen molar-refractivity contribution in [3.05, 3.63) is 64.9 Å². The van der Waals surface area contributed by atoms with Gasteiger partial charge >= 0.3 is 0 Å². The fraction of sp³-hybridized carbons (Fsp3) is 0.536. The van der Waals surface area contributed by atoms with E-state index in [-0.39, 0.29) is 11.8 Å². The first-order valence-electron chi connectivity index (χ1n) is 12.9. The van der Waals surface area contributed by atoms with Gasteiger partial charge in [0.25, 0.3) is 0 Å². The lowest BCUT2D eigenvalue weighted by Crippen LogP contribution is -2.46. The van der Waals surface area contributed by atoms with E-state index in [1.807, 2.05) is 36.7 Å². The quantitative estimate of drug-likeness (QED) is 0.369. The summed E-state index contributed by atoms with van der Waals surface area (Å²) in [6.45, 7) is 9.24. The number of piperidine rings is 2. The molecule has 1 amide bonds. The molecule has 4 rings (SSSR count). The van der Waals surface area contributed by atoms with Crippen LogP contribution in [0.1, 0.15) is 50.7 Å². The van der Waals surface area contributed by atoms with Crippen molar-refractivity contribution in [1.82, 2.24) is 14.8 Å². The molecular weight excluding hydrogens is 460 g/mol. The molecule has 0 saturated carbocycles. The molecule has 0 radical (unpaired) electrons. The zero-order valence-corrected chi connectivity index (χ0v) is 21.7. The third kappa shape index (κ3) is 7.28. The number of amides is 1. The van der Waals surface area contributed by atoms with Crippen molar-refractivity contribution in [2.24, 2.45) is 22.9 Å². The van der Waals surface area contributed by atoms with Crippen LogP contribution in [0.25, 0.3) is 0 Å². The summed E-state index contributed by atoms with van der Waals surface area (Å²) < 4.78 is 0. The van der Waals surface area contributed by atoms with Gasteiger partial charge in [-0.05, 0) is 80.1 Å². The molecule has 3 heterocycles. The Bertz CT molecular complexity index is 964. The highest BCUT2D eigenvalue weighted by Crippen LogP contribution is 2.27. The van der Waals surface area contributed by atoms with Gasteiger partial charge in [-0.25, -0.2) is 0 Å². The standard InChI is InChI=1S/C28H37ClN4O2/c1-21(2)20-35-31-27(23-3-5-26(29)6-4-23)24-11-17-33(18-12-24)28(34)25-9-15-32(16-10-25)19-22-7-13-30-14-8-22/h3-8,13-14,21,24-25H,9-12,15-20H2,1-2H3/b31-27-. The number of rotatable bonds is 8. The van der Waals surface area contributed by atoms with E-state index in [0.29, 0.717) is 23.5 Å². The number of nitrogens with zero attached hydrogens (tertiary/aromatic N) is 4. The van der Waals surface area contributed by atoms with Gasteiger partial charge in [-0.15, -0.1) is 0 Å². The average Bonchev–Trinajstić information content (AvgIpc) is 2.88. The van der Waals surface area contributed by atoms with E-state index in [2.05, 4.69) is 45.9 Å². The molecule has 2 fully saturated rings. The summed E-state index contributed by atoms with van der Waals surface area (Å²) in [4.78, 5) is 27.6. The second-order valence-corrected chi connectivity index (χ2v) is 10.6. The number of hydrogen-bond donors (Lipinski definition) is 0. The summed E-state index contributed by atoms with van der Waals surface area (Å²) in [6, 6.07) is 11.9. The zero-order chi connectivity index (χ0) is 24.6. The molecule has 0 unspecified atom stereocenters. The lowest BCUT2D eigenvalue weighted by molar-refractivity contribution is -0.138. The van der Waals surface area contributed by atoms with Gasteiger partial charge in [-0.3, -0.25) is 14.7 Å². The van der Waals surface area contributed by atoms with Gasteiger partial charge in [0.05, 0.1) is 5.71 Å². The highest BCUT2D eigenvalue weighted by molar-refractivity contribution is 6.30. The van der Waals surface area contributed by atoms with Crippen LogP contribution >= 0.6 is 11.6 Å². The molecular formula is C28H37ClN4O2. The summed E-state index contributed by atoms with van der Waals surface area (Å²) >= 11 is 6.10. The van der Waals surface area contributed by atoms with Crippen LogP contribution in [0.5, 0.6) is 0 Å². The van der Waals surface area contributed by atoms with Gasteiger partial charge < -0.3 is 9.74 Å². The molecule has 7 heteroatoms. The second-order valence-electron chi connectivity index (χ2n) is 10.2.